The molecule has 0 aliphatic rings. The first-order chi connectivity index (χ1) is 5.34. The Kier molecular flexibility index (Phi) is 4.50. The van der Waals surface area contributed by atoms with Gasteiger partial charge in [-0.3, -0.25) is 0 Å². The van der Waals surface area contributed by atoms with Crippen molar-refractivity contribution in [3.05, 3.63) is 12.2 Å². The van der Waals surface area contributed by atoms with Gasteiger partial charge < -0.3 is 11.5 Å². The Bertz CT molecular complexity index is 142. The largest absolute Gasteiger partial charge is 0.310 e. The van der Waals surface area contributed by atoms with Crippen LogP contribution in [-0.4, -0.2) is 5.66 Å². The van der Waals surface area contributed by atoms with Crippen molar-refractivity contribution >= 4 is 0 Å². The van der Waals surface area contributed by atoms with Crippen molar-refractivity contribution in [1.82, 2.24) is 0 Å². The van der Waals surface area contributed by atoms with Gasteiger partial charge in [-0.1, -0.05) is 26.8 Å². The fourth-order valence-corrected chi connectivity index (χ4v) is 0.993. The zero-order valence-electron chi connectivity index (χ0n) is 8.56. The summed E-state index contributed by atoms with van der Waals surface area (Å²) in [6.45, 7) is 10.1. The zero-order valence-corrected chi connectivity index (χ0v) is 8.56. The zero-order chi connectivity index (χ0) is 9.78. The van der Waals surface area contributed by atoms with Crippen LogP contribution in [0.15, 0.2) is 12.2 Å². The summed E-state index contributed by atoms with van der Waals surface area (Å²) in [5, 5.41) is 0. The van der Waals surface area contributed by atoms with Crippen molar-refractivity contribution in [3.8, 4) is 0 Å². The number of hydrogen-bond acceptors (Lipinski definition) is 2. The van der Waals surface area contributed by atoms with Crippen LogP contribution in [0.3, 0.4) is 0 Å². The molecular weight excluding hydrogens is 148 g/mol. The topological polar surface area (TPSA) is 52.0 Å². The molecule has 4 N–H and O–H groups in total. The van der Waals surface area contributed by atoms with Gasteiger partial charge in [-0.25, -0.2) is 0 Å². The van der Waals surface area contributed by atoms with Crippen LogP contribution >= 0.6 is 0 Å². The van der Waals surface area contributed by atoms with E-state index in [0.29, 0.717) is 0 Å². The normalized spacial score (nSPS) is 12.2. The summed E-state index contributed by atoms with van der Waals surface area (Å²) in [5.41, 5.74) is 11.6. The predicted molar refractivity (Wildman–Crippen MR) is 54.6 cm³/mol. The van der Waals surface area contributed by atoms with Crippen LogP contribution in [0.4, 0.5) is 0 Å². The molecule has 0 aliphatic carbocycles. The highest BCUT2D eigenvalue weighted by Crippen LogP contribution is 2.15. The first-order valence-corrected chi connectivity index (χ1v) is 4.60. The molecule has 0 bridgehead atoms. The first kappa shape index (κ1) is 11.7. The molecule has 0 rings (SSSR count). The Labute approximate surface area is 76.0 Å². The van der Waals surface area contributed by atoms with Gasteiger partial charge in [-0.15, -0.1) is 0 Å². The van der Waals surface area contributed by atoms with E-state index in [0.717, 1.165) is 24.3 Å². The molecule has 72 valence electrons. The van der Waals surface area contributed by atoms with Crippen molar-refractivity contribution in [1.29, 1.82) is 0 Å². The summed E-state index contributed by atoms with van der Waals surface area (Å²) in [6, 6.07) is 0. The molecule has 0 aromatic carbocycles. The summed E-state index contributed by atoms with van der Waals surface area (Å²) in [6.07, 6.45) is 3.30. The quantitative estimate of drug-likeness (QED) is 0.490. The fraction of sp³-hybridized carbons (Fsp3) is 0.800. The van der Waals surface area contributed by atoms with Gasteiger partial charge in [-0.2, -0.15) is 0 Å². The lowest BCUT2D eigenvalue weighted by molar-refractivity contribution is 0.508. The van der Waals surface area contributed by atoms with Crippen LogP contribution in [0, 0.1) is 5.92 Å². The van der Waals surface area contributed by atoms with Crippen LogP contribution in [-0.2, 0) is 0 Å². The molecule has 0 unspecified atom stereocenters. The van der Waals surface area contributed by atoms with E-state index in [-0.39, 0.29) is 0 Å². The smallest absolute Gasteiger partial charge is 0.0826 e. The molecule has 0 fully saturated rings. The lowest BCUT2D eigenvalue weighted by Crippen LogP contribution is -2.47. The molecule has 0 heterocycles. The molecule has 0 amide bonds. The minimum Gasteiger partial charge on any atom is -0.310 e. The van der Waals surface area contributed by atoms with Gasteiger partial charge >= 0.3 is 0 Å². The second-order valence-corrected chi connectivity index (χ2v) is 4.17. The maximum atomic E-state index is 5.67. The predicted octanol–water partition coefficient (Wildman–Crippen LogP) is 2.00. The average Bonchev–Trinajstić information content (AvgIpc) is 1.84. The van der Waals surface area contributed by atoms with Crippen LogP contribution in [0.1, 0.15) is 40.0 Å². The van der Waals surface area contributed by atoms with Crippen LogP contribution in [0.5, 0.6) is 0 Å². The summed E-state index contributed by atoms with van der Waals surface area (Å²) in [4.78, 5) is 0. The van der Waals surface area contributed by atoms with Gasteiger partial charge in [-0.05, 0) is 31.3 Å². The van der Waals surface area contributed by atoms with Gasteiger partial charge in [0.2, 0.25) is 0 Å². The van der Waals surface area contributed by atoms with Crippen molar-refractivity contribution in [2.24, 2.45) is 17.4 Å². The number of nitrogens with two attached hydrogens (primary N) is 2. The van der Waals surface area contributed by atoms with Crippen molar-refractivity contribution in [2.45, 2.75) is 45.7 Å². The minimum absolute atomic E-state index is 0.697. The molecule has 0 spiro atoms. The highest BCUT2D eigenvalue weighted by molar-refractivity contribution is 5.10. The molecular formula is C10H22N2. The Morgan fingerprint density at radius 3 is 2.25 bits per heavy atom. The van der Waals surface area contributed by atoms with E-state index in [4.69, 9.17) is 11.5 Å². The van der Waals surface area contributed by atoms with Gasteiger partial charge in [0.15, 0.2) is 0 Å². The highest BCUT2D eigenvalue weighted by atomic mass is 14.9. The van der Waals surface area contributed by atoms with E-state index in [1.807, 2.05) is 0 Å². The van der Waals surface area contributed by atoms with Gasteiger partial charge in [0.25, 0.3) is 0 Å². The van der Waals surface area contributed by atoms with Gasteiger partial charge in [0, 0.05) is 0 Å². The molecule has 2 heteroatoms. The maximum Gasteiger partial charge on any atom is 0.0826 e. The molecule has 0 atom stereocenters. The summed E-state index contributed by atoms with van der Waals surface area (Å²) >= 11 is 0. The molecule has 0 saturated carbocycles. The second-order valence-electron chi connectivity index (χ2n) is 4.17. The maximum absolute atomic E-state index is 5.67. The number of rotatable bonds is 5. The third kappa shape index (κ3) is 5.33. The first-order valence-electron chi connectivity index (χ1n) is 4.60. The Morgan fingerprint density at radius 2 is 1.92 bits per heavy atom. The van der Waals surface area contributed by atoms with Gasteiger partial charge in [0.05, 0.1) is 5.66 Å². The number of hydrogen-bond donors (Lipinski definition) is 2. The second kappa shape index (κ2) is 4.63. The molecule has 0 aliphatic heterocycles. The van der Waals surface area contributed by atoms with Crippen molar-refractivity contribution in [3.63, 3.8) is 0 Å². The van der Waals surface area contributed by atoms with Crippen LogP contribution in [0.25, 0.3) is 0 Å². The van der Waals surface area contributed by atoms with Crippen molar-refractivity contribution < 1.29 is 0 Å². The molecule has 0 radical (unpaired) electrons. The Morgan fingerprint density at radius 1 is 1.42 bits per heavy atom. The highest BCUT2D eigenvalue weighted by Gasteiger charge is 2.14. The monoisotopic (exact) mass is 170 g/mol. The summed E-state index contributed by atoms with van der Waals surface area (Å²) in [5.74, 6) is 0.750. The molecule has 12 heavy (non-hydrogen) atoms. The van der Waals surface area contributed by atoms with Crippen molar-refractivity contribution in [2.75, 3.05) is 0 Å². The van der Waals surface area contributed by atoms with E-state index in [2.05, 4.69) is 20.4 Å². The van der Waals surface area contributed by atoms with Crippen LogP contribution < -0.4 is 11.5 Å². The van der Waals surface area contributed by atoms with E-state index in [1.54, 1.807) is 6.92 Å². The molecule has 0 aromatic heterocycles. The minimum atomic E-state index is -0.697. The average molecular weight is 170 g/mol. The van der Waals surface area contributed by atoms with Crippen LogP contribution in [0.2, 0.25) is 0 Å². The summed E-state index contributed by atoms with van der Waals surface area (Å²) in [7, 11) is 0. The Balaban J connectivity index is 3.59. The standard InChI is InChI=1S/C10H22N2/c1-8(2)6-5-7-9(3)10(4,11)12/h8H,3,5-7,11-12H2,1-2,4H3. The summed E-state index contributed by atoms with van der Waals surface area (Å²) < 4.78 is 0. The lowest BCUT2D eigenvalue weighted by Gasteiger charge is -2.21. The third-order valence-corrected chi connectivity index (χ3v) is 2.02. The van der Waals surface area contributed by atoms with E-state index in [1.165, 1.54) is 6.42 Å². The SMILES string of the molecule is C=C(CCCC(C)C)C(C)(N)N. The Hall–Kier alpha value is -0.340. The lowest BCUT2D eigenvalue weighted by atomic mass is 9.97. The van der Waals surface area contributed by atoms with E-state index in [9.17, 15) is 0 Å². The molecule has 2 nitrogen and oxygen atoms in total. The molecule has 0 saturated heterocycles. The van der Waals surface area contributed by atoms with E-state index >= 15 is 0 Å². The van der Waals surface area contributed by atoms with Gasteiger partial charge in [0.1, 0.15) is 0 Å². The fourth-order valence-electron chi connectivity index (χ4n) is 0.993. The molecule has 0 aromatic rings. The third-order valence-electron chi connectivity index (χ3n) is 2.02. The van der Waals surface area contributed by atoms with E-state index < -0.39 is 5.66 Å².